The van der Waals surface area contributed by atoms with Crippen LogP contribution in [0, 0.1) is 5.92 Å². The molecule has 0 radical (unpaired) electrons. The van der Waals surface area contributed by atoms with E-state index >= 15 is 0 Å². The molecule has 1 atom stereocenters. The Morgan fingerprint density at radius 2 is 1.96 bits per heavy atom. The number of carboxylic acids is 1. The summed E-state index contributed by atoms with van der Waals surface area (Å²) in [5.74, 6) is -0.193. The first-order chi connectivity index (χ1) is 11.9. The van der Waals surface area contributed by atoms with Crippen molar-refractivity contribution in [1.82, 2.24) is 15.5 Å². The summed E-state index contributed by atoms with van der Waals surface area (Å²) in [5, 5.41) is 15.4. The Labute approximate surface area is 145 Å². The van der Waals surface area contributed by atoms with Gasteiger partial charge in [0, 0.05) is 12.0 Å². The van der Waals surface area contributed by atoms with E-state index in [9.17, 15) is 9.59 Å². The van der Waals surface area contributed by atoms with Crippen molar-refractivity contribution in [2.24, 2.45) is 5.92 Å². The number of nitrogens with zero attached hydrogens (tertiary/aromatic N) is 2. The summed E-state index contributed by atoms with van der Waals surface area (Å²) in [7, 11) is 0. The van der Waals surface area contributed by atoms with Crippen LogP contribution in [0.2, 0.25) is 0 Å². The second kappa shape index (κ2) is 8.27. The molecule has 0 saturated carbocycles. The van der Waals surface area contributed by atoms with Crippen molar-refractivity contribution in [2.75, 3.05) is 0 Å². The van der Waals surface area contributed by atoms with Gasteiger partial charge in [-0.2, -0.15) is 4.98 Å². The fourth-order valence-electron chi connectivity index (χ4n) is 2.08. The second-order valence-corrected chi connectivity index (χ2v) is 5.80. The Morgan fingerprint density at radius 3 is 2.48 bits per heavy atom. The summed E-state index contributed by atoms with van der Waals surface area (Å²) in [6.07, 6.45) is 0.657. The van der Waals surface area contributed by atoms with Gasteiger partial charge >= 0.3 is 5.97 Å². The van der Waals surface area contributed by atoms with Crippen molar-refractivity contribution < 1.29 is 24.0 Å². The highest BCUT2D eigenvalue weighted by Gasteiger charge is 2.23. The molecule has 0 spiro atoms. The van der Waals surface area contributed by atoms with Gasteiger partial charge < -0.3 is 19.7 Å². The van der Waals surface area contributed by atoms with Crippen molar-refractivity contribution in [3.8, 4) is 5.75 Å². The predicted molar refractivity (Wildman–Crippen MR) is 88.2 cm³/mol. The molecule has 1 amide bonds. The number of carbonyl (C=O) groups excluding carboxylic acids is 1. The van der Waals surface area contributed by atoms with Gasteiger partial charge in [0.05, 0.1) is 0 Å². The van der Waals surface area contributed by atoms with E-state index in [1.807, 2.05) is 6.92 Å². The standard InChI is InChI=1S/C17H21N3O5/c1-4-14-18-13(20-25-14)9-24-12-7-5-11(6-8-12)16(21)19-15(10(2)3)17(22)23/h5-8,10,15H,4,9H2,1-3H3,(H,19,21)(H,22,23)/t15-/m1/s1. The number of rotatable bonds is 8. The van der Waals surface area contributed by atoms with E-state index in [1.165, 1.54) is 0 Å². The number of hydrogen-bond donors (Lipinski definition) is 2. The molecule has 0 fully saturated rings. The maximum absolute atomic E-state index is 12.1. The average Bonchev–Trinajstić information content (AvgIpc) is 3.05. The minimum absolute atomic E-state index is 0.156. The van der Waals surface area contributed by atoms with E-state index in [4.69, 9.17) is 14.4 Å². The van der Waals surface area contributed by atoms with Gasteiger partial charge in [-0.05, 0) is 30.2 Å². The molecule has 0 aliphatic carbocycles. The SMILES string of the molecule is CCc1nc(COc2ccc(C(=O)N[C@@H](C(=O)O)C(C)C)cc2)no1. The molecule has 2 aromatic rings. The van der Waals surface area contributed by atoms with Crippen molar-refractivity contribution >= 4 is 11.9 Å². The number of benzene rings is 1. The van der Waals surface area contributed by atoms with Crippen LogP contribution >= 0.6 is 0 Å². The Morgan fingerprint density at radius 1 is 1.28 bits per heavy atom. The van der Waals surface area contributed by atoms with E-state index in [0.29, 0.717) is 29.4 Å². The third-order valence-corrected chi connectivity index (χ3v) is 3.52. The second-order valence-electron chi connectivity index (χ2n) is 5.80. The molecule has 1 heterocycles. The first-order valence-corrected chi connectivity index (χ1v) is 7.98. The number of aryl methyl sites for hydroxylation is 1. The molecule has 1 aromatic carbocycles. The minimum Gasteiger partial charge on any atom is -0.485 e. The van der Waals surface area contributed by atoms with Gasteiger partial charge in [0.25, 0.3) is 5.91 Å². The van der Waals surface area contributed by atoms with Gasteiger partial charge in [-0.1, -0.05) is 25.9 Å². The van der Waals surface area contributed by atoms with Crippen LogP contribution in [0.25, 0.3) is 0 Å². The molecule has 8 heteroatoms. The lowest BCUT2D eigenvalue weighted by molar-refractivity contribution is -0.140. The van der Waals surface area contributed by atoms with E-state index in [2.05, 4.69) is 15.5 Å². The highest BCUT2D eigenvalue weighted by Crippen LogP contribution is 2.14. The number of nitrogens with one attached hydrogen (secondary N) is 1. The maximum Gasteiger partial charge on any atom is 0.326 e. The van der Waals surface area contributed by atoms with Crippen LogP contribution in [0.3, 0.4) is 0 Å². The molecule has 8 nitrogen and oxygen atoms in total. The van der Waals surface area contributed by atoms with Crippen LogP contribution < -0.4 is 10.1 Å². The summed E-state index contributed by atoms with van der Waals surface area (Å²) in [6.45, 7) is 5.54. The Kier molecular flexibility index (Phi) is 6.10. The normalized spacial score (nSPS) is 12.0. The summed E-state index contributed by atoms with van der Waals surface area (Å²) in [5.41, 5.74) is 0.354. The molecule has 134 valence electrons. The van der Waals surface area contributed by atoms with Crippen molar-refractivity contribution in [1.29, 1.82) is 0 Å². The zero-order valence-electron chi connectivity index (χ0n) is 14.4. The molecule has 2 rings (SSSR count). The topological polar surface area (TPSA) is 115 Å². The molecule has 0 unspecified atom stereocenters. The van der Waals surface area contributed by atoms with E-state index in [1.54, 1.807) is 38.1 Å². The molecule has 0 bridgehead atoms. The Hall–Kier alpha value is -2.90. The van der Waals surface area contributed by atoms with Crippen LogP contribution in [0.5, 0.6) is 5.75 Å². The monoisotopic (exact) mass is 347 g/mol. The van der Waals surface area contributed by atoms with Gasteiger partial charge in [0.1, 0.15) is 11.8 Å². The average molecular weight is 347 g/mol. The van der Waals surface area contributed by atoms with Gasteiger partial charge in [-0.3, -0.25) is 4.79 Å². The highest BCUT2D eigenvalue weighted by atomic mass is 16.5. The van der Waals surface area contributed by atoms with Crippen LogP contribution in [0.1, 0.15) is 42.8 Å². The smallest absolute Gasteiger partial charge is 0.326 e. The zero-order valence-corrected chi connectivity index (χ0v) is 14.4. The largest absolute Gasteiger partial charge is 0.485 e. The van der Waals surface area contributed by atoms with Crippen molar-refractivity contribution in [3.63, 3.8) is 0 Å². The van der Waals surface area contributed by atoms with Gasteiger partial charge in [-0.15, -0.1) is 0 Å². The molecule has 25 heavy (non-hydrogen) atoms. The third kappa shape index (κ3) is 5.03. The molecule has 1 aromatic heterocycles. The zero-order chi connectivity index (χ0) is 18.4. The number of ether oxygens (including phenoxy) is 1. The predicted octanol–water partition coefficient (Wildman–Crippen LogP) is 2.05. The Balaban J connectivity index is 1.94. The molecular weight excluding hydrogens is 326 g/mol. The quantitative estimate of drug-likeness (QED) is 0.751. The molecule has 0 aliphatic heterocycles. The van der Waals surface area contributed by atoms with Crippen molar-refractivity contribution in [2.45, 2.75) is 39.8 Å². The molecule has 0 saturated heterocycles. The maximum atomic E-state index is 12.1. The van der Waals surface area contributed by atoms with Crippen LogP contribution in [0.4, 0.5) is 0 Å². The van der Waals surface area contributed by atoms with Gasteiger partial charge in [0.2, 0.25) is 11.7 Å². The fourth-order valence-corrected chi connectivity index (χ4v) is 2.08. The number of carboxylic acid groups (broad SMARTS) is 1. The number of amides is 1. The number of aromatic nitrogens is 2. The summed E-state index contributed by atoms with van der Waals surface area (Å²) >= 11 is 0. The lowest BCUT2D eigenvalue weighted by Crippen LogP contribution is -2.44. The number of hydrogen-bond acceptors (Lipinski definition) is 6. The third-order valence-electron chi connectivity index (χ3n) is 3.52. The molecule has 0 aliphatic rings. The minimum atomic E-state index is -1.06. The number of aliphatic carboxylic acids is 1. The van der Waals surface area contributed by atoms with Gasteiger partial charge in [0.15, 0.2) is 6.61 Å². The summed E-state index contributed by atoms with van der Waals surface area (Å²) in [4.78, 5) is 27.4. The van der Waals surface area contributed by atoms with E-state index < -0.39 is 17.9 Å². The first-order valence-electron chi connectivity index (χ1n) is 7.98. The summed E-state index contributed by atoms with van der Waals surface area (Å²) < 4.78 is 10.5. The fraction of sp³-hybridized carbons (Fsp3) is 0.412. The number of carbonyl (C=O) groups is 2. The molecular formula is C17H21N3O5. The van der Waals surface area contributed by atoms with E-state index in [0.717, 1.165) is 0 Å². The summed E-state index contributed by atoms with van der Waals surface area (Å²) in [6, 6.07) is 5.45. The highest BCUT2D eigenvalue weighted by molar-refractivity contribution is 5.96. The van der Waals surface area contributed by atoms with Crippen LogP contribution in [-0.2, 0) is 17.8 Å². The van der Waals surface area contributed by atoms with Crippen LogP contribution in [0.15, 0.2) is 28.8 Å². The molecule has 2 N–H and O–H groups in total. The lowest BCUT2D eigenvalue weighted by atomic mass is 10.0. The van der Waals surface area contributed by atoms with E-state index in [-0.39, 0.29) is 12.5 Å². The van der Waals surface area contributed by atoms with Gasteiger partial charge in [-0.25, -0.2) is 4.79 Å². The lowest BCUT2D eigenvalue weighted by Gasteiger charge is -2.17. The Bertz CT molecular complexity index is 724. The van der Waals surface area contributed by atoms with Crippen LogP contribution in [-0.4, -0.2) is 33.2 Å². The van der Waals surface area contributed by atoms with Crippen molar-refractivity contribution in [3.05, 3.63) is 41.5 Å². The first kappa shape index (κ1) is 18.4.